The first kappa shape index (κ1) is 19.9. The summed E-state index contributed by atoms with van der Waals surface area (Å²) >= 11 is 0. The summed E-state index contributed by atoms with van der Waals surface area (Å²) in [5, 5.41) is 31.3. The number of rotatable bonds is 9. The van der Waals surface area contributed by atoms with Crippen LogP contribution in [0.25, 0.3) is 0 Å². The second-order valence-corrected chi connectivity index (χ2v) is 5.25. The van der Waals surface area contributed by atoms with E-state index in [1.54, 1.807) is 0 Å². The molecule has 10 heteroatoms. The quantitative estimate of drug-likeness (QED) is 0.308. The lowest BCUT2D eigenvalue weighted by Crippen LogP contribution is -2.49. The van der Waals surface area contributed by atoms with Gasteiger partial charge in [-0.05, 0) is 17.7 Å². The van der Waals surface area contributed by atoms with Gasteiger partial charge in [-0.2, -0.15) is 0 Å². The molecule has 25 heavy (non-hydrogen) atoms. The Labute approximate surface area is 142 Å². The number of carbonyl (C=O) groups excluding carboxylic acids is 2. The van der Waals surface area contributed by atoms with Gasteiger partial charge in [0.1, 0.15) is 11.8 Å². The van der Waals surface area contributed by atoms with Gasteiger partial charge in [-0.15, -0.1) is 0 Å². The highest BCUT2D eigenvalue weighted by Gasteiger charge is 2.22. The fourth-order valence-electron chi connectivity index (χ4n) is 1.89. The number of carboxylic acid groups (broad SMARTS) is 2. The van der Waals surface area contributed by atoms with E-state index in [9.17, 15) is 24.3 Å². The predicted octanol–water partition coefficient (Wildman–Crippen LogP) is -1.58. The van der Waals surface area contributed by atoms with Crippen molar-refractivity contribution in [3.8, 4) is 5.75 Å². The molecule has 10 nitrogen and oxygen atoms in total. The van der Waals surface area contributed by atoms with Crippen LogP contribution in [-0.2, 0) is 25.6 Å². The predicted molar refractivity (Wildman–Crippen MR) is 84.6 cm³/mol. The molecule has 0 radical (unpaired) electrons. The molecule has 2 atom stereocenters. The van der Waals surface area contributed by atoms with Crippen molar-refractivity contribution >= 4 is 23.8 Å². The summed E-state index contributed by atoms with van der Waals surface area (Å²) in [5.74, 6) is -4.09. The molecule has 0 saturated heterocycles. The van der Waals surface area contributed by atoms with Crippen molar-refractivity contribution in [1.82, 2.24) is 10.6 Å². The van der Waals surface area contributed by atoms with E-state index in [1.807, 2.05) is 0 Å². The molecule has 7 N–H and O–H groups in total. The van der Waals surface area contributed by atoms with Crippen molar-refractivity contribution in [2.45, 2.75) is 24.9 Å². The number of aliphatic carboxylic acids is 2. The molecule has 136 valence electrons. The summed E-state index contributed by atoms with van der Waals surface area (Å²) in [5.41, 5.74) is 5.91. The largest absolute Gasteiger partial charge is 0.508 e. The van der Waals surface area contributed by atoms with Crippen LogP contribution in [0.5, 0.6) is 5.75 Å². The maximum atomic E-state index is 11.8. The zero-order valence-corrected chi connectivity index (χ0v) is 13.1. The van der Waals surface area contributed by atoms with Crippen molar-refractivity contribution in [2.75, 3.05) is 6.54 Å². The van der Waals surface area contributed by atoms with E-state index >= 15 is 0 Å². The van der Waals surface area contributed by atoms with Gasteiger partial charge in [0.15, 0.2) is 0 Å². The molecule has 2 amide bonds. The van der Waals surface area contributed by atoms with Gasteiger partial charge < -0.3 is 31.7 Å². The summed E-state index contributed by atoms with van der Waals surface area (Å²) < 4.78 is 0. The van der Waals surface area contributed by atoms with E-state index in [2.05, 4.69) is 10.6 Å². The number of benzene rings is 1. The Balaban J connectivity index is 2.53. The van der Waals surface area contributed by atoms with Gasteiger partial charge >= 0.3 is 11.9 Å². The average molecular weight is 353 g/mol. The molecule has 0 aliphatic heterocycles. The Bertz CT molecular complexity index is 645. The summed E-state index contributed by atoms with van der Waals surface area (Å²) in [7, 11) is 0. The van der Waals surface area contributed by atoms with E-state index in [0.29, 0.717) is 5.56 Å². The zero-order valence-electron chi connectivity index (χ0n) is 13.1. The number of phenolic OH excluding ortho intramolecular Hbond substituents is 1. The van der Waals surface area contributed by atoms with Crippen molar-refractivity contribution in [1.29, 1.82) is 0 Å². The fraction of sp³-hybridized carbons (Fsp3) is 0.333. The highest BCUT2D eigenvalue weighted by atomic mass is 16.4. The molecule has 0 saturated carbocycles. The lowest BCUT2D eigenvalue weighted by molar-refractivity contribution is -0.142. The Morgan fingerprint density at radius 3 is 2.20 bits per heavy atom. The van der Waals surface area contributed by atoms with Crippen LogP contribution in [0.2, 0.25) is 0 Å². The molecule has 1 rings (SSSR count). The smallest absolute Gasteiger partial charge is 0.326 e. The van der Waals surface area contributed by atoms with Crippen molar-refractivity contribution < 1.29 is 34.5 Å². The van der Waals surface area contributed by atoms with Crippen LogP contribution in [0.3, 0.4) is 0 Å². The number of carbonyl (C=O) groups is 4. The van der Waals surface area contributed by atoms with E-state index in [4.69, 9.17) is 15.9 Å². The number of amides is 2. The molecule has 0 fully saturated rings. The Hall–Kier alpha value is -3.14. The minimum absolute atomic E-state index is 0.0200. The number of phenols is 1. The number of nitrogens with two attached hydrogens (primary N) is 1. The maximum absolute atomic E-state index is 11.8. The topological polar surface area (TPSA) is 179 Å². The third kappa shape index (κ3) is 7.31. The second-order valence-electron chi connectivity index (χ2n) is 5.25. The van der Waals surface area contributed by atoms with Gasteiger partial charge in [0.25, 0.3) is 0 Å². The first-order chi connectivity index (χ1) is 11.7. The summed E-state index contributed by atoms with van der Waals surface area (Å²) in [6, 6.07) is 3.27. The third-order valence-electron chi connectivity index (χ3n) is 3.16. The highest BCUT2D eigenvalue weighted by Crippen LogP contribution is 2.11. The van der Waals surface area contributed by atoms with Gasteiger partial charge in [-0.1, -0.05) is 12.1 Å². The van der Waals surface area contributed by atoms with Crippen LogP contribution in [0, 0.1) is 0 Å². The lowest BCUT2D eigenvalue weighted by atomic mass is 10.1. The number of hydrogen-bond acceptors (Lipinski definition) is 6. The van der Waals surface area contributed by atoms with E-state index < -0.39 is 48.8 Å². The molecule has 1 aromatic rings. The molecule has 0 spiro atoms. The highest BCUT2D eigenvalue weighted by molar-refractivity contribution is 5.91. The summed E-state index contributed by atoms with van der Waals surface area (Å²) in [4.78, 5) is 45.0. The molecule has 0 aliphatic rings. The van der Waals surface area contributed by atoms with Gasteiger partial charge in [-0.3, -0.25) is 14.4 Å². The Morgan fingerprint density at radius 1 is 1.08 bits per heavy atom. The van der Waals surface area contributed by atoms with Crippen LogP contribution in [-0.4, -0.2) is 57.7 Å². The first-order valence-electron chi connectivity index (χ1n) is 7.24. The van der Waals surface area contributed by atoms with Crippen LogP contribution < -0.4 is 16.4 Å². The number of carboxylic acids is 2. The van der Waals surface area contributed by atoms with Gasteiger partial charge in [0.05, 0.1) is 19.0 Å². The zero-order chi connectivity index (χ0) is 19.0. The maximum Gasteiger partial charge on any atom is 0.326 e. The number of aromatic hydroxyl groups is 1. The van der Waals surface area contributed by atoms with Crippen LogP contribution in [0.4, 0.5) is 0 Å². The van der Waals surface area contributed by atoms with Gasteiger partial charge in [0, 0.05) is 6.42 Å². The molecule has 1 aromatic carbocycles. The van der Waals surface area contributed by atoms with Crippen molar-refractivity contribution in [2.24, 2.45) is 5.73 Å². The van der Waals surface area contributed by atoms with Crippen LogP contribution in [0.15, 0.2) is 24.3 Å². The fourth-order valence-corrected chi connectivity index (χ4v) is 1.89. The second kappa shape index (κ2) is 9.23. The third-order valence-corrected chi connectivity index (χ3v) is 3.16. The van der Waals surface area contributed by atoms with Crippen LogP contribution in [0.1, 0.15) is 12.0 Å². The van der Waals surface area contributed by atoms with Crippen molar-refractivity contribution in [3.05, 3.63) is 29.8 Å². The SMILES string of the molecule is N[C@@H](CC(=O)O)C(=O)NCC(=O)N[C@@H](Cc1ccc(O)cc1)C(=O)O. The number of hydrogen-bond donors (Lipinski definition) is 6. The minimum Gasteiger partial charge on any atom is -0.508 e. The Kier molecular flexibility index (Phi) is 7.35. The monoisotopic (exact) mass is 353 g/mol. The molecule has 0 unspecified atom stereocenters. The standard InChI is InChI=1S/C15H19N3O7/c16-10(6-13(21)22)14(23)17-7-12(20)18-11(15(24)25)5-8-1-3-9(19)4-2-8/h1-4,10-11,19H,5-7,16H2,(H,17,23)(H,18,20)(H,21,22)(H,24,25)/t10-,11-/m0/s1. The minimum atomic E-state index is -1.31. The molecule has 0 aromatic heterocycles. The summed E-state index contributed by atoms with van der Waals surface area (Å²) in [6.45, 7) is -0.536. The molecule has 0 bridgehead atoms. The number of nitrogens with one attached hydrogen (secondary N) is 2. The van der Waals surface area contributed by atoms with Crippen LogP contribution >= 0.6 is 0 Å². The van der Waals surface area contributed by atoms with E-state index in [0.717, 1.165) is 0 Å². The average Bonchev–Trinajstić information content (AvgIpc) is 2.53. The summed E-state index contributed by atoms with van der Waals surface area (Å²) in [6.07, 6.45) is -0.611. The van der Waals surface area contributed by atoms with Gasteiger partial charge in [-0.25, -0.2) is 4.79 Å². The molecule has 0 heterocycles. The lowest BCUT2D eigenvalue weighted by Gasteiger charge is -2.16. The van der Waals surface area contributed by atoms with E-state index in [-0.39, 0.29) is 12.2 Å². The first-order valence-corrected chi connectivity index (χ1v) is 7.24. The van der Waals surface area contributed by atoms with E-state index in [1.165, 1.54) is 24.3 Å². The van der Waals surface area contributed by atoms with Crippen molar-refractivity contribution in [3.63, 3.8) is 0 Å². The van der Waals surface area contributed by atoms with Gasteiger partial charge in [0.2, 0.25) is 11.8 Å². The molecular weight excluding hydrogens is 334 g/mol. The normalized spacial score (nSPS) is 12.7. The Morgan fingerprint density at radius 2 is 1.68 bits per heavy atom. The molecule has 0 aliphatic carbocycles. The molecular formula is C15H19N3O7.